The highest BCUT2D eigenvalue weighted by atomic mass is 32.2. The molecule has 100 valence electrons. The first-order valence-electron chi connectivity index (χ1n) is 5.67. The zero-order chi connectivity index (χ0) is 13.8. The van der Waals surface area contributed by atoms with Crippen LogP contribution in [0.5, 0.6) is 0 Å². The molecule has 0 saturated carbocycles. The Morgan fingerprint density at radius 3 is 3.05 bits per heavy atom. The fourth-order valence-electron chi connectivity index (χ4n) is 1.70. The minimum atomic E-state index is -1.03. The number of nitrogens with two attached hydrogens (primary N) is 1. The summed E-state index contributed by atoms with van der Waals surface area (Å²) in [5, 5.41) is 9.42. The van der Waals surface area contributed by atoms with Crippen molar-refractivity contribution in [2.45, 2.75) is 11.8 Å². The van der Waals surface area contributed by atoms with Gasteiger partial charge >= 0.3 is 5.97 Å². The van der Waals surface area contributed by atoms with E-state index in [4.69, 9.17) is 10.8 Å². The lowest BCUT2D eigenvalue weighted by atomic mass is 10.1. The van der Waals surface area contributed by atoms with Gasteiger partial charge in [-0.3, -0.25) is 9.78 Å². The van der Waals surface area contributed by atoms with Gasteiger partial charge in [-0.25, -0.2) is 4.39 Å². The summed E-state index contributed by atoms with van der Waals surface area (Å²) >= 11 is 1.35. The molecule has 0 amide bonds. The average molecular weight is 280 g/mol. The predicted molar refractivity (Wildman–Crippen MR) is 73.5 cm³/mol. The molecule has 0 bridgehead atoms. The Bertz CT molecular complexity index is 606. The predicted octanol–water partition coefficient (Wildman–Crippen LogP) is 2.02. The van der Waals surface area contributed by atoms with Gasteiger partial charge in [-0.15, -0.1) is 0 Å². The Balaban J connectivity index is 2.14. The standard InChI is InChI=1S/C13H13FN2O2S/c14-10-4-8-2-1-3-16-12(8)9(5-10)6-19-7-11(15)13(17)18/h1-5,11H,6-7,15H2,(H,17,18)/t11-/m1/s1. The third-order valence-corrected chi connectivity index (χ3v) is 3.73. The fraction of sp³-hybridized carbons (Fsp3) is 0.231. The Morgan fingerprint density at radius 2 is 2.32 bits per heavy atom. The number of halogens is 1. The summed E-state index contributed by atoms with van der Waals surface area (Å²) in [4.78, 5) is 14.8. The van der Waals surface area contributed by atoms with Crippen molar-refractivity contribution in [2.24, 2.45) is 5.73 Å². The minimum absolute atomic E-state index is 0.278. The summed E-state index contributed by atoms with van der Waals surface area (Å²) in [6.45, 7) is 0. The van der Waals surface area contributed by atoms with Crippen molar-refractivity contribution in [2.75, 3.05) is 5.75 Å². The van der Waals surface area contributed by atoms with E-state index in [0.29, 0.717) is 5.75 Å². The topological polar surface area (TPSA) is 76.2 Å². The molecule has 0 aliphatic heterocycles. The van der Waals surface area contributed by atoms with Crippen LogP contribution >= 0.6 is 11.8 Å². The molecular formula is C13H13FN2O2S. The van der Waals surface area contributed by atoms with E-state index in [1.807, 2.05) is 0 Å². The zero-order valence-electron chi connectivity index (χ0n) is 10.0. The summed E-state index contributed by atoms with van der Waals surface area (Å²) in [5.41, 5.74) is 6.90. The smallest absolute Gasteiger partial charge is 0.321 e. The first-order chi connectivity index (χ1) is 9.08. The Labute approximate surface area is 113 Å². The van der Waals surface area contributed by atoms with Crippen molar-refractivity contribution in [3.63, 3.8) is 0 Å². The molecule has 2 aromatic rings. The molecule has 0 fully saturated rings. The minimum Gasteiger partial charge on any atom is -0.480 e. The van der Waals surface area contributed by atoms with E-state index >= 15 is 0 Å². The van der Waals surface area contributed by atoms with Crippen molar-refractivity contribution in [3.05, 3.63) is 41.8 Å². The molecule has 1 heterocycles. The maximum absolute atomic E-state index is 13.5. The second-order valence-corrected chi connectivity index (χ2v) is 5.13. The molecule has 2 rings (SSSR count). The number of pyridine rings is 1. The first kappa shape index (κ1) is 13.8. The van der Waals surface area contributed by atoms with E-state index < -0.39 is 12.0 Å². The molecule has 0 radical (unpaired) electrons. The van der Waals surface area contributed by atoms with Gasteiger partial charge in [0.15, 0.2) is 0 Å². The van der Waals surface area contributed by atoms with E-state index in [0.717, 1.165) is 16.5 Å². The third-order valence-electron chi connectivity index (χ3n) is 2.62. The van der Waals surface area contributed by atoms with Gasteiger partial charge in [0.25, 0.3) is 0 Å². The third kappa shape index (κ3) is 3.42. The van der Waals surface area contributed by atoms with Crippen LogP contribution in [0.4, 0.5) is 4.39 Å². The number of nitrogens with zero attached hydrogens (tertiary/aromatic N) is 1. The largest absolute Gasteiger partial charge is 0.480 e. The number of hydrogen-bond donors (Lipinski definition) is 2. The fourth-order valence-corrected chi connectivity index (χ4v) is 2.66. The van der Waals surface area contributed by atoms with Gasteiger partial charge in [-0.1, -0.05) is 6.07 Å². The Kier molecular flexibility index (Phi) is 4.34. The number of carboxylic acid groups (broad SMARTS) is 1. The SMILES string of the molecule is N[C@H](CSCc1cc(F)cc2cccnc12)C(=O)O. The van der Waals surface area contributed by atoms with Gasteiger partial charge < -0.3 is 10.8 Å². The van der Waals surface area contributed by atoms with Crippen molar-refractivity contribution in [1.29, 1.82) is 0 Å². The zero-order valence-corrected chi connectivity index (χ0v) is 10.9. The van der Waals surface area contributed by atoms with Crippen molar-refractivity contribution in [1.82, 2.24) is 4.98 Å². The van der Waals surface area contributed by atoms with Crippen LogP contribution in [0.2, 0.25) is 0 Å². The highest BCUT2D eigenvalue weighted by Gasteiger charge is 2.12. The monoisotopic (exact) mass is 280 g/mol. The van der Waals surface area contributed by atoms with Crippen LogP contribution in [0.15, 0.2) is 30.5 Å². The number of thioether (sulfide) groups is 1. The molecule has 3 N–H and O–H groups in total. The summed E-state index contributed by atoms with van der Waals surface area (Å²) in [6, 6.07) is 5.49. The molecule has 0 saturated heterocycles. The number of fused-ring (bicyclic) bond motifs is 1. The average Bonchev–Trinajstić information content (AvgIpc) is 2.38. The van der Waals surface area contributed by atoms with Gasteiger partial charge in [0.1, 0.15) is 11.9 Å². The lowest BCUT2D eigenvalue weighted by molar-refractivity contribution is -0.137. The summed E-state index contributed by atoms with van der Waals surface area (Å²) in [6.07, 6.45) is 1.65. The molecule has 0 aliphatic rings. The Morgan fingerprint density at radius 1 is 1.53 bits per heavy atom. The Hall–Kier alpha value is -1.66. The van der Waals surface area contributed by atoms with E-state index in [2.05, 4.69) is 4.98 Å². The van der Waals surface area contributed by atoms with Crippen LogP contribution in [-0.4, -0.2) is 27.9 Å². The van der Waals surface area contributed by atoms with Gasteiger partial charge in [-0.2, -0.15) is 11.8 Å². The number of benzene rings is 1. The second-order valence-electron chi connectivity index (χ2n) is 4.10. The van der Waals surface area contributed by atoms with E-state index in [-0.39, 0.29) is 11.6 Å². The maximum Gasteiger partial charge on any atom is 0.321 e. The number of hydrogen-bond acceptors (Lipinski definition) is 4. The molecule has 19 heavy (non-hydrogen) atoms. The summed E-state index contributed by atoms with van der Waals surface area (Å²) in [5.74, 6) is -0.597. The van der Waals surface area contributed by atoms with E-state index in [1.165, 1.54) is 23.9 Å². The van der Waals surface area contributed by atoms with Crippen LogP contribution in [0.25, 0.3) is 10.9 Å². The van der Waals surface area contributed by atoms with Gasteiger partial charge in [0.05, 0.1) is 5.52 Å². The summed E-state index contributed by atoms with van der Waals surface area (Å²) < 4.78 is 13.5. The van der Waals surface area contributed by atoms with Gasteiger partial charge in [-0.05, 0) is 23.8 Å². The molecule has 0 unspecified atom stereocenters. The van der Waals surface area contributed by atoms with Crippen molar-refractivity contribution in [3.8, 4) is 0 Å². The quantitative estimate of drug-likeness (QED) is 0.876. The van der Waals surface area contributed by atoms with Crippen molar-refractivity contribution < 1.29 is 14.3 Å². The van der Waals surface area contributed by atoms with Crippen LogP contribution in [0.1, 0.15) is 5.56 Å². The molecule has 1 aromatic carbocycles. The number of rotatable bonds is 5. The summed E-state index contributed by atoms with van der Waals surface area (Å²) in [7, 11) is 0. The number of aromatic nitrogens is 1. The van der Waals surface area contributed by atoms with E-state index in [9.17, 15) is 9.18 Å². The molecular weight excluding hydrogens is 267 g/mol. The molecule has 0 aliphatic carbocycles. The van der Waals surface area contributed by atoms with Crippen LogP contribution < -0.4 is 5.73 Å². The highest BCUT2D eigenvalue weighted by Crippen LogP contribution is 2.22. The van der Waals surface area contributed by atoms with Gasteiger partial charge in [0, 0.05) is 23.1 Å². The van der Waals surface area contributed by atoms with Crippen LogP contribution in [0.3, 0.4) is 0 Å². The molecule has 0 spiro atoms. The van der Waals surface area contributed by atoms with Crippen LogP contribution in [0, 0.1) is 5.82 Å². The van der Waals surface area contributed by atoms with E-state index in [1.54, 1.807) is 18.3 Å². The number of aliphatic carboxylic acids is 1. The molecule has 1 aromatic heterocycles. The van der Waals surface area contributed by atoms with Gasteiger partial charge in [0.2, 0.25) is 0 Å². The lowest BCUT2D eigenvalue weighted by Crippen LogP contribution is -2.32. The van der Waals surface area contributed by atoms with Crippen LogP contribution in [-0.2, 0) is 10.5 Å². The maximum atomic E-state index is 13.5. The van der Waals surface area contributed by atoms with Crippen molar-refractivity contribution >= 4 is 28.6 Å². The lowest BCUT2D eigenvalue weighted by Gasteiger charge is -2.08. The number of carbonyl (C=O) groups is 1. The number of carboxylic acids is 1. The normalized spacial score (nSPS) is 12.5. The highest BCUT2D eigenvalue weighted by molar-refractivity contribution is 7.98. The second kappa shape index (κ2) is 5.99. The first-order valence-corrected chi connectivity index (χ1v) is 6.82. The molecule has 1 atom stereocenters. The molecule has 6 heteroatoms. The molecule has 4 nitrogen and oxygen atoms in total.